The third-order valence-electron chi connectivity index (χ3n) is 4.18. The summed E-state index contributed by atoms with van der Waals surface area (Å²) in [6.45, 7) is 5.43. The number of hydrogen-bond donors (Lipinski definition) is 1. The van der Waals surface area contributed by atoms with Gasteiger partial charge < -0.3 is 14.8 Å². The van der Waals surface area contributed by atoms with Gasteiger partial charge in [0, 0.05) is 24.0 Å². The highest BCUT2D eigenvalue weighted by molar-refractivity contribution is 7.14. The molecule has 1 amide bonds. The second kappa shape index (κ2) is 8.45. The summed E-state index contributed by atoms with van der Waals surface area (Å²) < 4.78 is 11.3. The van der Waals surface area contributed by atoms with Crippen molar-refractivity contribution in [3.8, 4) is 17.0 Å². The summed E-state index contributed by atoms with van der Waals surface area (Å²) in [5, 5.41) is 5.47. The smallest absolute Gasteiger partial charge is 0.226 e. The van der Waals surface area contributed by atoms with Gasteiger partial charge in [-0.1, -0.05) is 11.6 Å². The lowest BCUT2D eigenvalue weighted by atomic mass is 10.1. The predicted octanol–water partition coefficient (Wildman–Crippen LogP) is 4.41. The lowest BCUT2D eigenvalue weighted by molar-refractivity contribution is -0.116. The van der Waals surface area contributed by atoms with E-state index in [4.69, 9.17) is 9.47 Å². The van der Waals surface area contributed by atoms with E-state index in [-0.39, 0.29) is 12.0 Å². The van der Waals surface area contributed by atoms with Crippen LogP contribution in [-0.2, 0) is 9.53 Å². The number of nitrogens with zero attached hydrogens (tertiary/aromatic N) is 1. The number of anilines is 1. The fourth-order valence-corrected chi connectivity index (χ4v) is 3.65. The molecule has 5 nitrogen and oxygen atoms in total. The summed E-state index contributed by atoms with van der Waals surface area (Å²) in [6.07, 6.45) is 3.63. The third-order valence-corrected chi connectivity index (χ3v) is 4.94. The minimum atomic E-state index is -0.00864. The molecule has 1 fully saturated rings. The predicted molar refractivity (Wildman–Crippen MR) is 100 cm³/mol. The maximum Gasteiger partial charge on any atom is 0.226 e. The number of aryl methyl sites for hydroxylation is 1. The lowest BCUT2D eigenvalue weighted by Crippen LogP contribution is -2.15. The Bertz CT molecular complexity index is 723. The molecule has 134 valence electrons. The van der Waals surface area contributed by atoms with Crippen LogP contribution in [0.15, 0.2) is 23.6 Å². The van der Waals surface area contributed by atoms with E-state index in [0.29, 0.717) is 18.2 Å². The molecule has 1 aromatic heterocycles. The van der Waals surface area contributed by atoms with Gasteiger partial charge in [0.05, 0.1) is 18.4 Å². The molecule has 0 radical (unpaired) electrons. The van der Waals surface area contributed by atoms with E-state index in [1.807, 2.05) is 31.4 Å². The highest BCUT2D eigenvalue weighted by Crippen LogP contribution is 2.33. The number of carbonyl (C=O) groups is 1. The van der Waals surface area contributed by atoms with Crippen LogP contribution in [0.5, 0.6) is 5.75 Å². The first kappa shape index (κ1) is 17.9. The topological polar surface area (TPSA) is 60.5 Å². The molecule has 3 rings (SSSR count). The maximum absolute atomic E-state index is 12.1. The highest BCUT2D eigenvalue weighted by Gasteiger charge is 2.17. The van der Waals surface area contributed by atoms with Crippen molar-refractivity contribution < 1.29 is 14.3 Å². The molecule has 1 unspecified atom stereocenters. The molecule has 6 heteroatoms. The number of benzene rings is 1. The van der Waals surface area contributed by atoms with Crippen LogP contribution in [0, 0.1) is 6.92 Å². The van der Waals surface area contributed by atoms with Crippen molar-refractivity contribution in [2.75, 3.05) is 18.5 Å². The molecule has 1 N–H and O–H groups in total. The van der Waals surface area contributed by atoms with Gasteiger partial charge in [-0.15, -0.1) is 11.3 Å². The Morgan fingerprint density at radius 1 is 1.48 bits per heavy atom. The number of thiazole rings is 1. The minimum absolute atomic E-state index is 0.00864. The zero-order valence-corrected chi connectivity index (χ0v) is 15.5. The second-order valence-corrected chi connectivity index (χ2v) is 7.05. The van der Waals surface area contributed by atoms with Crippen LogP contribution < -0.4 is 10.1 Å². The average molecular weight is 360 g/mol. The minimum Gasteiger partial charge on any atom is -0.493 e. The van der Waals surface area contributed by atoms with Crippen LogP contribution in [0.3, 0.4) is 0 Å². The number of nitrogens with one attached hydrogen (secondary N) is 1. The van der Waals surface area contributed by atoms with Gasteiger partial charge in [0.25, 0.3) is 0 Å². The molecular formula is C19H24N2O3S. The molecule has 2 aromatic rings. The number of carbonyl (C=O) groups excluding carboxylic acids is 1. The Kier molecular flexibility index (Phi) is 6.04. The van der Waals surface area contributed by atoms with Gasteiger partial charge >= 0.3 is 0 Å². The van der Waals surface area contributed by atoms with Gasteiger partial charge in [0.15, 0.2) is 5.13 Å². The first-order valence-electron chi connectivity index (χ1n) is 8.76. The second-order valence-electron chi connectivity index (χ2n) is 6.19. The van der Waals surface area contributed by atoms with E-state index < -0.39 is 0 Å². The largest absolute Gasteiger partial charge is 0.493 e. The van der Waals surface area contributed by atoms with Crippen LogP contribution in [0.25, 0.3) is 11.3 Å². The summed E-state index contributed by atoms with van der Waals surface area (Å²) in [6, 6.07) is 6.05. The number of hydrogen-bond acceptors (Lipinski definition) is 5. The summed E-state index contributed by atoms with van der Waals surface area (Å²) in [5.74, 6) is 0.806. The van der Waals surface area contributed by atoms with E-state index in [1.165, 1.54) is 11.3 Å². The van der Waals surface area contributed by atoms with Gasteiger partial charge in [-0.3, -0.25) is 4.79 Å². The summed E-state index contributed by atoms with van der Waals surface area (Å²) in [7, 11) is 0. The molecule has 0 spiro atoms. The van der Waals surface area contributed by atoms with Gasteiger partial charge in [-0.2, -0.15) is 0 Å². The van der Waals surface area contributed by atoms with E-state index in [1.54, 1.807) is 0 Å². The van der Waals surface area contributed by atoms with E-state index in [9.17, 15) is 4.79 Å². The molecule has 25 heavy (non-hydrogen) atoms. The van der Waals surface area contributed by atoms with Crippen molar-refractivity contribution in [2.24, 2.45) is 0 Å². The maximum atomic E-state index is 12.1. The summed E-state index contributed by atoms with van der Waals surface area (Å²) in [4.78, 5) is 16.7. The first-order valence-corrected chi connectivity index (χ1v) is 9.64. The van der Waals surface area contributed by atoms with E-state index >= 15 is 0 Å². The molecular weight excluding hydrogens is 336 g/mol. The molecule has 0 saturated carbocycles. The SMILES string of the molecule is CCOc1ccc(C)cc1-c1csc(NC(=O)CCC2CCCO2)n1. The van der Waals surface area contributed by atoms with Gasteiger partial charge in [0.2, 0.25) is 5.91 Å². The first-order chi connectivity index (χ1) is 12.2. The Morgan fingerprint density at radius 3 is 3.12 bits per heavy atom. The van der Waals surface area contributed by atoms with Crippen LogP contribution in [0.2, 0.25) is 0 Å². The average Bonchev–Trinajstić information content (AvgIpc) is 3.26. The van der Waals surface area contributed by atoms with Crippen molar-refractivity contribution in [3.05, 3.63) is 29.1 Å². The number of rotatable bonds is 7. The quantitative estimate of drug-likeness (QED) is 0.794. The van der Waals surface area contributed by atoms with Crippen molar-refractivity contribution in [1.29, 1.82) is 0 Å². The van der Waals surface area contributed by atoms with Crippen LogP contribution >= 0.6 is 11.3 Å². The van der Waals surface area contributed by atoms with Crippen LogP contribution in [-0.4, -0.2) is 30.2 Å². The van der Waals surface area contributed by atoms with Gasteiger partial charge in [-0.25, -0.2) is 4.98 Å². The third kappa shape index (κ3) is 4.80. The Hall–Kier alpha value is -1.92. The molecule has 1 aliphatic heterocycles. The zero-order valence-electron chi connectivity index (χ0n) is 14.7. The fraction of sp³-hybridized carbons (Fsp3) is 0.474. The molecule has 0 bridgehead atoms. The molecule has 1 aliphatic rings. The standard InChI is InChI=1S/C19H24N2O3S/c1-3-23-17-8-6-13(2)11-15(17)16-12-25-19(20-16)21-18(22)9-7-14-5-4-10-24-14/h6,8,11-12,14H,3-5,7,9-10H2,1-2H3,(H,20,21,22). The molecule has 0 aliphatic carbocycles. The molecule has 1 aromatic carbocycles. The van der Waals surface area contributed by atoms with Crippen LogP contribution in [0.4, 0.5) is 5.13 Å². The Morgan fingerprint density at radius 2 is 2.36 bits per heavy atom. The van der Waals surface area contributed by atoms with Crippen LogP contribution in [0.1, 0.15) is 38.2 Å². The van der Waals surface area contributed by atoms with E-state index in [0.717, 1.165) is 48.4 Å². The number of amides is 1. The summed E-state index contributed by atoms with van der Waals surface area (Å²) >= 11 is 1.43. The molecule has 1 atom stereocenters. The molecule has 2 heterocycles. The monoisotopic (exact) mass is 360 g/mol. The Labute approximate surface area is 152 Å². The van der Waals surface area contributed by atoms with Crippen molar-refractivity contribution in [3.63, 3.8) is 0 Å². The normalized spacial score (nSPS) is 16.8. The van der Waals surface area contributed by atoms with Crippen molar-refractivity contribution in [1.82, 2.24) is 4.98 Å². The Balaban J connectivity index is 1.64. The van der Waals surface area contributed by atoms with Crippen molar-refractivity contribution >= 4 is 22.4 Å². The zero-order chi connectivity index (χ0) is 17.6. The number of ether oxygens (including phenoxy) is 2. The molecule has 1 saturated heterocycles. The highest BCUT2D eigenvalue weighted by atomic mass is 32.1. The lowest BCUT2D eigenvalue weighted by Gasteiger charge is -2.09. The van der Waals surface area contributed by atoms with Crippen molar-refractivity contribution in [2.45, 2.75) is 45.6 Å². The summed E-state index contributed by atoms with van der Waals surface area (Å²) in [5.41, 5.74) is 2.93. The van der Waals surface area contributed by atoms with E-state index in [2.05, 4.69) is 16.4 Å². The van der Waals surface area contributed by atoms with Gasteiger partial charge in [-0.05, 0) is 45.2 Å². The van der Waals surface area contributed by atoms with Gasteiger partial charge in [0.1, 0.15) is 5.75 Å². The number of aromatic nitrogens is 1. The fourth-order valence-electron chi connectivity index (χ4n) is 2.93.